The van der Waals surface area contributed by atoms with Crippen LogP contribution in [0.3, 0.4) is 0 Å². The molecule has 0 fully saturated rings. The summed E-state index contributed by atoms with van der Waals surface area (Å²) in [5.41, 5.74) is 0.754. The standard InChI is InChI=1S/C19H25N3O2/c1-19(2,3)21-18(24)20-17(23)13-22(4)12-14-9-10-15-7-5-6-8-16(15)11-14/h5-11H,12-13H2,1-4H3,(H2,20,21,23,24). The number of nitrogens with one attached hydrogen (secondary N) is 2. The average Bonchev–Trinajstić information content (AvgIpc) is 2.44. The molecule has 2 aromatic carbocycles. The van der Waals surface area contributed by atoms with Crippen LogP contribution >= 0.6 is 0 Å². The molecule has 0 aliphatic rings. The summed E-state index contributed by atoms with van der Waals surface area (Å²) in [6.45, 7) is 6.39. The molecule has 0 bridgehead atoms. The van der Waals surface area contributed by atoms with E-state index in [1.165, 1.54) is 10.8 Å². The van der Waals surface area contributed by atoms with E-state index in [0.29, 0.717) is 6.54 Å². The van der Waals surface area contributed by atoms with Crippen LogP contribution in [0.25, 0.3) is 10.8 Å². The first kappa shape index (κ1) is 17.9. The van der Waals surface area contributed by atoms with Crippen molar-refractivity contribution in [1.82, 2.24) is 15.5 Å². The van der Waals surface area contributed by atoms with Crippen molar-refractivity contribution in [3.05, 3.63) is 48.0 Å². The summed E-state index contributed by atoms with van der Waals surface area (Å²) < 4.78 is 0. The molecule has 0 aromatic heterocycles. The van der Waals surface area contributed by atoms with Gasteiger partial charge in [-0.3, -0.25) is 15.0 Å². The molecule has 128 valence electrons. The van der Waals surface area contributed by atoms with Crippen LogP contribution in [0.5, 0.6) is 0 Å². The number of nitrogens with zero attached hydrogens (tertiary/aromatic N) is 1. The Morgan fingerprint density at radius 3 is 2.38 bits per heavy atom. The maximum Gasteiger partial charge on any atom is 0.321 e. The van der Waals surface area contributed by atoms with Crippen molar-refractivity contribution in [2.45, 2.75) is 32.9 Å². The summed E-state index contributed by atoms with van der Waals surface area (Å²) in [5.74, 6) is -0.319. The van der Waals surface area contributed by atoms with E-state index in [-0.39, 0.29) is 18.0 Å². The van der Waals surface area contributed by atoms with Crippen molar-refractivity contribution in [3.8, 4) is 0 Å². The Hall–Kier alpha value is -2.40. The number of hydrogen-bond acceptors (Lipinski definition) is 3. The first-order valence-corrected chi connectivity index (χ1v) is 8.01. The number of benzene rings is 2. The van der Waals surface area contributed by atoms with Gasteiger partial charge in [0.15, 0.2) is 0 Å². The molecule has 0 aliphatic carbocycles. The van der Waals surface area contributed by atoms with Gasteiger partial charge in [-0.2, -0.15) is 0 Å². The highest BCUT2D eigenvalue weighted by Gasteiger charge is 2.16. The zero-order valence-electron chi connectivity index (χ0n) is 14.7. The second-order valence-electron chi connectivity index (χ2n) is 7.11. The molecule has 0 saturated carbocycles. The van der Waals surface area contributed by atoms with Gasteiger partial charge in [0.05, 0.1) is 6.54 Å². The quantitative estimate of drug-likeness (QED) is 0.908. The third kappa shape index (κ3) is 5.66. The van der Waals surface area contributed by atoms with Gasteiger partial charge in [-0.1, -0.05) is 36.4 Å². The molecule has 5 heteroatoms. The third-order valence-corrected chi connectivity index (χ3v) is 3.42. The molecule has 0 saturated heterocycles. The molecule has 5 nitrogen and oxygen atoms in total. The molecule has 0 aliphatic heterocycles. The van der Waals surface area contributed by atoms with Gasteiger partial charge in [-0.25, -0.2) is 4.79 Å². The Labute approximate surface area is 143 Å². The highest BCUT2D eigenvalue weighted by Crippen LogP contribution is 2.16. The zero-order chi connectivity index (χ0) is 17.7. The van der Waals surface area contributed by atoms with Crippen LogP contribution in [0.4, 0.5) is 4.79 Å². The summed E-state index contributed by atoms with van der Waals surface area (Å²) in [7, 11) is 1.86. The van der Waals surface area contributed by atoms with Crippen LogP contribution in [-0.2, 0) is 11.3 Å². The van der Waals surface area contributed by atoms with Gasteiger partial charge in [0.25, 0.3) is 0 Å². The number of likely N-dealkylation sites (N-methyl/N-ethyl adjacent to an activating group) is 1. The van der Waals surface area contributed by atoms with Crippen LogP contribution in [-0.4, -0.2) is 36.0 Å². The van der Waals surface area contributed by atoms with E-state index in [4.69, 9.17) is 0 Å². The molecule has 0 spiro atoms. The summed E-state index contributed by atoms with van der Waals surface area (Å²) in [5, 5.41) is 7.43. The lowest BCUT2D eigenvalue weighted by Crippen LogP contribution is -2.50. The fourth-order valence-electron chi connectivity index (χ4n) is 2.49. The predicted molar refractivity (Wildman–Crippen MR) is 96.7 cm³/mol. The zero-order valence-corrected chi connectivity index (χ0v) is 14.7. The molecule has 2 rings (SSSR count). The topological polar surface area (TPSA) is 61.4 Å². The Balaban J connectivity index is 1.88. The number of carbonyl (C=O) groups excluding carboxylic acids is 2. The van der Waals surface area contributed by atoms with Gasteiger partial charge in [-0.15, -0.1) is 0 Å². The number of amides is 3. The van der Waals surface area contributed by atoms with Crippen molar-refractivity contribution < 1.29 is 9.59 Å². The van der Waals surface area contributed by atoms with Crippen LogP contribution in [0.15, 0.2) is 42.5 Å². The van der Waals surface area contributed by atoms with E-state index in [0.717, 1.165) is 5.56 Å². The second-order valence-corrected chi connectivity index (χ2v) is 7.11. The number of imide groups is 1. The lowest BCUT2D eigenvalue weighted by molar-refractivity contribution is -0.121. The lowest BCUT2D eigenvalue weighted by atomic mass is 10.1. The van der Waals surface area contributed by atoms with Crippen LogP contribution in [0.1, 0.15) is 26.3 Å². The number of rotatable bonds is 4. The van der Waals surface area contributed by atoms with E-state index < -0.39 is 6.03 Å². The highest BCUT2D eigenvalue weighted by atomic mass is 16.2. The van der Waals surface area contributed by atoms with Gasteiger partial charge < -0.3 is 5.32 Å². The Morgan fingerprint density at radius 1 is 1.04 bits per heavy atom. The fraction of sp³-hybridized carbons (Fsp3) is 0.368. The van der Waals surface area contributed by atoms with Crippen molar-refractivity contribution in [2.75, 3.05) is 13.6 Å². The predicted octanol–water partition coefficient (Wildman–Crippen LogP) is 2.90. The van der Waals surface area contributed by atoms with Crippen molar-refractivity contribution in [2.24, 2.45) is 0 Å². The molecule has 24 heavy (non-hydrogen) atoms. The van der Waals surface area contributed by atoms with E-state index in [1.807, 2.05) is 44.9 Å². The first-order chi connectivity index (χ1) is 11.2. The number of hydrogen-bond donors (Lipinski definition) is 2. The minimum Gasteiger partial charge on any atom is -0.333 e. The molecule has 0 atom stereocenters. The van der Waals surface area contributed by atoms with E-state index >= 15 is 0 Å². The van der Waals surface area contributed by atoms with Crippen LogP contribution < -0.4 is 10.6 Å². The van der Waals surface area contributed by atoms with Gasteiger partial charge >= 0.3 is 6.03 Å². The summed E-state index contributed by atoms with van der Waals surface area (Å²) >= 11 is 0. The summed E-state index contributed by atoms with van der Waals surface area (Å²) in [4.78, 5) is 25.5. The van der Waals surface area contributed by atoms with Crippen molar-refractivity contribution >= 4 is 22.7 Å². The minimum absolute atomic E-state index is 0.157. The van der Waals surface area contributed by atoms with Gasteiger partial charge in [0, 0.05) is 12.1 Å². The summed E-state index contributed by atoms with van der Waals surface area (Å²) in [6.07, 6.45) is 0. The number of fused-ring (bicyclic) bond motifs is 1. The van der Waals surface area contributed by atoms with Crippen LogP contribution in [0, 0.1) is 0 Å². The Kier molecular flexibility index (Phi) is 5.57. The second kappa shape index (κ2) is 7.45. The Morgan fingerprint density at radius 2 is 1.71 bits per heavy atom. The normalized spacial score (nSPS) is 11.5. The van der Waals surface area contributed by atoms with Gasteiger partial charge in [0.2, 0.25) is 5.91 Å². The van der Waals surface area contributed by atoms with Gasteiger partial charge in [-0.05, 0) is 50.2 Å². The van der Waals surface area contributed by atoms with Crippen molar-refractivity contribution in [1.29, 1.82) is 0 Å². The van der Waals surface area contributed by atoms with Crippen molar-refractivity contribution in [3.63, 3.8) is 0 Å². The molecular weight excluding hydrogens is 302 g/mol. The first-order valence-electron chi connectivity index (χ1n) is 8.01. The van der Waals surface area contributed by atoms with E-state index in [9.17, 15) is 9.59 Å². The number of urea groups is 1. The molecular formula is C19H25N3O2. The largest absolute Gasteiger partial charge is 0.333 e. The fourth-order valence-corrected chi connectivity index (χ4v) is 2.49. The average molecular weight is 327 g/mol. The molecule has 0 heterocycles. The lowest BCUT2D eigenvalue weighted by Gasteiger charge is -2.21. The van der Waals surface area contributed by atoms with E-state index in [1.54, 1.807) is 0 Å². The van der Waals surface area contributed by atoms with Gasteiger partial charge in [0.1, 0.15) is 0 Å². The molecule has 3 amide bonds. The van der Waals surface area contributed by atoms with E-state index in [2.05, 4.69) is 41.0 Å². The highest BCUT2D eigenvalue weighted by molar-refractivity contribution is 5.95. The minimum atomic E-state index is -0.466. The Bertz CT molecular complexity index is 735. The molecule has 2 aromatic rings. The third-order valence-electron chi connectivity index (χ3n) is 3.42. The van der Waals surface area contributed by atoms with Crippen LogP contribution in [0.2, 0.25) is 0 Å². The molecule has 2 N–H and O–H groups in total. The maximum absolute atomic E-state index is 11.9. The maximum atomic E-state index is 11.9. The number of carbonyl (C=O) groups is 2. The summed E-state index contributed by atoms with van der Waals surface area (Å²) in [6, 6.07) is 14.0. The molecule has 0 unspecified atom stereocenters. The molecule has 0 radical (unpaired) electrons. The monoisotopic (exact) mass is 327 g/mol. The SMILES string of the molecule is CN(CC(=O)NC(=O)NC(C)(C)C)Cc1ccc2ccccc2c1. The smallest absolute Gasteiger partial charge is 0.321 e.